The molecule has 0 saturated carbocycles. The number of nitrogens with zero attached hydrogens (tertiary/aromatic N) is 3. The van der Waals surface area contributed by atoms with Gasteiger partial charge in [0.15, 0.2) is 13.2 Å². The summed E-state index contributed by atoms with van der Waals surface area (Å²) in [7, 11) is 0. The quantitative estimate of drug-likeness (QED) is 0.0524. The summed E-state index contributed by atoms with van der Waals surface area (Å²) < 4.78 is 20.8. The highest BCUT2D eigenvalue weighted by molar-refractivity contribution is 5.94. The zero-order valence-electron chi connectivity index (χ0n) is 28.6. The molecule has 2 aromatic carbocycles. The summed E-state index contributed by atoms with van der Waals surface area (Å²) in [5, 5.41) is 25.0. The lowest BCUT2D eigenvalue weighted by molar-refractivity contribution is -0.123. The molecule has 274 valence electrons. The molecule has 0 aliphatic heterocycles. The van der Waals surface area contributed by atoms with Crippen LogP contribution in [0.15, 0.2) is 72.8 Å². The number of phenols is 1. The monoisotopic (exact) mass is 706 g/mol. The molecular weight excluding hydrogens is 658 g/mol. The first kappa shape index (κ1) is 38.7. The molecule has 9 N–H and O–H groups in total. The summed E-state index contributed by atoms with van der Waals surface area (Å²) in [5.41, 5.74) is 7.13. The number of aromatic nitrogens is 3. The standard InChI is InChI=1S/C35H47N9O7/c36-13-17-48-21-22-49-19-15-38-32(47)27-9-11-28(12-10-27)40-34-42-33(43-35(44-34)41-29-7-4-8-30(45)25-29)39-16-20-51-24-23-50-18-14-37-31(46)26-5-2-1-3-6-26/h1-5,7-12,25-26,45H,6,13-24,36H2,(H,37,46)(H,38,47)(H3,39,40,41,42,43,44)/p+1. The molecule has 0 radical (unpaired) electrons. The van der Waals surface area contributed by atoms with Gasteiger partial charge in [-0.1, -0.05) is 30.4 Å². The van der Waals surface area contributed by atoms with Crippen molar-refractivity contribution in [2.75, 3.05) is 95.0 Å². The molecule has 1 unspecified atom stereocenters. The maximum absolute atomic E-state index is 12.6. The highest BCUT2D eigenvalue weighted by Gasteiger charge is 2.14. The van der Waals surface area contributed by atoms with Gasteiger partial charge in [-0.15, -0.1) is 0 Å². The lowest BCUT2D eigenvalue weighted by Crippen LogP contribution is -2.32. The molecular formula is C35H48N9O7+. The van der Waals surface area contributed by atoms with Crippen LogP contribution in [0.2, 0.25) is 0 Å². The smallest absolute Gasteiger partial charge is 0.251 e. The van der Waals surface area contributed by atoms with Gasteiger partial charge in [-0.2, -0.15) is 15.0 Å². The predicted molar refractivity (Wildman–Crippen MR) is 195 cm³/mol. The highest BCUT2D eigenvalue weighted by atomic mass is 16.5. The van der Waals surface area contributed by atoms with E-state index in [0.29, 0.717) is 108 Å². The van der Waals surface area contributed by atoms with Crippen LogP contribution < -0.4 is 32.3 Å². The van der Waals surface area contributed by atoms with Crippen LogP contribution >= 0.6 is 0 Å². The van der Waals surface area contributed by atoms with Crippen molar-refractivity contribution in [3.63, 3.8) is 0 Å². The topological polar surface area (TPSA) is 220 Å². The minimum Gasteiger partial charge on any atom is -0.508 e. The lowest BCUT2D eigenvalue weighted by atomic mass is 10.0. The number of carbonyl (C=O) groups excluding carboxylic acids is 2. The molecule has 3 aromatic rings. The third kappa shape index (κ3) is 15.1. The molecule has 16 nitrogen and oxygen atoms in total. The Balaban J connectivity index is 1.21. The van der Waals surface area contributed by atoms with Crippen LogP contribution in [-0.4, -0.2) is 116 Å². The molecule has 1 heterocycles. The van der Waals surface area contributed by atoms with Crippen molar-refractivity contribution in [2.24, 2.45) is 11.7 Å². The number of rotatable bonds is 24. The van der Waals surface area contributed by atoms with Crippen LogP contribution in [-0.2, 0) is 19.0 Å². The zero-order chi connectivity index (χ0) is 35.9. The van der Waals surface area contributed by atoms with Crippen LogP contribution in [0.3, 0.4) is 0 Å². The van der Waals surface area contributed by atoms with Gasteiger partial charge in [0.05, 0.1) is 45.5 Å². The number of ether oxygens (including phenoxy) is 4. The number of aromatic hydroxyl groups is 1. The van der Waals surface area contributed by atoms with E-state index in [0.717, 1.165) is 0 Å². The van der Waals surface area contributed by atoms with Crippen molar-refractivity contribution < 1.29 is 33.6 Å². The summed E-state index contributed by atoms with van der Waals surface area (Å²) in [4.78, 5) is 38.1. The first-order valence-electron chi connectivity index (χ1n) is 16.9. The van der Waals surface area contributed by atoms with Crippen molar-refractivity contribution in [1.29, 1.82) is 0 Å². The first-order chi connectivity index (χ1) is 25.0. The second-order valence-corrected chi connectivity index (χ2v) is 11.1. The average molecular weight is 707 g/mol. The molecule has 1 atom stereocenters. The number of allylic oxidation sites excluding steroid dienone is 3. The molecule has 0 bridgehead atoms. The van der Waals surface area contributed by atoms with Crippen molar-refractivity contribution in [3.8, 4) is 5.75 Å². The molecule has 51 heavy (non-hydrogen) atoms. The maximum Gasteiger partial charge on any atom is 0.251 e. The van der Waals surface area contributed by atoms with Gasteiger partial charge in [0.1, 0.15) is 12.4 Å². The summed E-state index contributed by atoms with van der Waals surface area (Å²) in [6, 6.07) is 13.5. The normalized spacial score (nSPS) is 13.5. The second-order valence-electron chi connectivity index (χ2n) is 11.1. The predicted octanol–water partition coefficient (Wildman–Crippen LogP) is 1.99. The summed E-state index contributed by atoms with van der Waals surface area (Å²) >= 11 is 0. The van der Waals surface area contributed by atoms with E-state index >= 15 is 0 Å². The zero-order valence-corrected chi connectivity index (χ0v) is 28.6. The van der Waals surface area contributed by atoms with E-state index in [1.165, 1.54) is 0 Å². The number of carbonyl (C=O) groups is 2. The molecule has 1 aromatic heterocycles. The van der Waals surface area contributed by atoms with E-state index in [4.69, 9.17) is 19.9 Å². The van der Waals surface area contributed by atoms with Gasteiger partial charge in [-0.3, -0.25) is 9.59 Å². The Bertz CT molecular complexity index is 1560. The summed E-state index contributed by atoms with van der Waals surface area (Å²) in [6.07, 6.45) is 8.41. The van der Waals surface area contributed by atoms with E-state index in [-0.39, 0.29) is 35.4 Å². The second kappa shape index (κ2) is 22.6. The fourth-order valence-electron chi connectivity index (χ4n) is 4.60. The van der Waals surface area contributed by atoms with Crippen LogP contribution in [0.5, 0.6) is 5.75 Å². The third-order valence-electron chi connectivity index (χ3n) is 7.12. The minimum absolute atomic E-state index is 0.00292. The van der Waals surface area contributed by atoms with Gasteiger partial charge < -0.3 is 56.4 Å². The maximum atomic E-state index is 12.6. The number of anilines is 5. The Morgan fingerprint density at radius 2 is 1.51 bits per heavy atom. The highest BCUT2D eigenvalue weighted by Crippen LogP contribution is 2.21. The number of aliphatic hydroxyl groups is 2. The fourth-order valence-corrected chi connectivity index (χ4v) is 4.60. The largest absolute Gasteiger partial charge is 0.508 e. The molecule has 0 saturated heterocycles. The lowest BCUT2D eigenvalue weighted by Gasteiger charge is -2.13. The summed E-state index contributed by atoms with van der Waals surface area (Å²) in [5.74, 6) is 0.551. The van der Waals surface area contributed by atoms with E-state index in [2.05, 4.69) is 46.3 Å². The molecule has 0 fully saturated rings. The Morgan fingerprint density at radius 3 is 2.24 bits per heavy atom. The molecule has 0 spiro atoms. The number of nitrogens with one attached hydrogen (secondary N) is 5. The SMILES string of the molecule is NCCOCC[OH+]CCNC(=O)c1ccc(Nc2nc(NCCOCCOCCNC(=O)C3C=CC=CC3)nc(Nc3cccc(O)c3)n2)cc1. The van der Waals surface area contributed by atoms with Crippen molar-refractivity contribution >= 4 is 41.0 Å². The number of benzene rings is 2. The Hall–Kier alpha value is -5.13. The van der Waals surface area contributed by atoms with Crippen molar-refractivity contribution in [3.05, 3.63) is 78.4 Å². The first-order valence-corrected chi connectivity index (χ1v) is 16.9. The molecule has 2 amide bonds. The Kier molecular flexibility index (Phi) is 17.1. The van der Waals surface area contributed by atoms with Crippen LogP contribution in [0, 0.1) is 5.92 Å². The minimum atomic E-state index is -0.205. The number of amides is 2. The van der Waals surface area contributed by atoms with E-state index in [1.54, 1.807) is 48.5 Å². The molecule has 1 aliphatic rings. The van der Waals surface area contributed by atoms with Gasteiger partial charge in [0, 0.05) is 42.6 Å². The molecule has 16 heteroatoms. The van der Waals surface area contributed by atoms with Gasteiger partial charge in [0.2, 0.25) is 23.8 Å². The van der Waals surface area contributed by atoms with Crippen molar-refractivity contribution in [1.82, 2.24) is 25.6 Å². The average Bonchev–Trinajstić information content (AvgIpc) is 3.14. The number of hydrogen-bond donors (Lipinski definition) is 7. The Morgan fingerprint density at radius 1 is 0.784 bits per heavy atom. The van der Waals surface area contributed by atoms with E-state index in [9.17, 15) is 14.7 Å². The number of nitrogens with two attached hydrogens (primary N) is 1. The van der Waals surface area contributed by atoms with Gasteiger partial charge in [-0.05, 0) is 42.8 Å². The van der Waals surface area contributed by atoms with Crippen LogP contribution in [0.4, 0.5) is 29.2 Å². The molecule has 1 aliphatic carbocycles. The number of hydrogen-bond acceptors (Lipinski definition) is 13. The Labute approximate surface area is 297 Å². The fraction of sp³-hybridized carbons (Fsp3) is 0.400. The molecule has 4 rings (SSSR count). The van der Waals surface area contributed by atoms with E-state index < -0.39 is 0 Å². The van der Waals surface area contributed by atoms with Gasteiger partial charge in [0.25, 0.3) is 5.91 Å². The van der Waals surface area contributed by atoms with Crippen LogP contribution in [0.1, 0.15) is 16.8 Å². The third-order valence-corrected chi connectivity index (χ3v) is 7.12. The van der Waals surface area contributed by atoms with Crippen molar-refractivity contribution in [2.45, 2.75) is 6.42 Å². The van der Waals surface area contributed by atoms with Gasteiger partial charge >= 0.3 is 0 Å². The van der Waals surface area contributed by atoms with Crippen LogP contribution in [0.25, 0.3) is 0 Å². The van der Waals surface area contributed by atoms with Gasteiger partial charge in [-0.25, -0.2) is 0 Å². The van der Waals surface area contributed by atoms with E-state index in [1.807, 2.05) is 24.3 Å². The number of phenolic OH excluding ortho intramolecular Hbond substituents is 1. The summed E-state index contributed by atoms with van der Waals surface area (Å²) in [6.45, 7) is 5.36.